The van der Waals surface area contributed by atoms with E-state index in [4.69, 9.17) is 4.74 Å². The monoisotopic (exact) mass is 413 g/mol. The zero-order valence-corrected chi connectivity index (χ0v) is 16.6. The molecule has 11 heteroatoms. The molecule has 0 aromatic carbocycles. The smallest absolute Gasteiger partial charge is 0.237 e. The Morgan fingerprint density at radius 1 is 1.46 bits per heavy atom. The van der Waals surface area contributed by atoms with Gasteiger partial charge in [-0.3, -0.25) is 0 Å². The summed E-state index contributed by atoms with van der Waals surface area (Å²) in [5, 5.41) is 22.8. The Hall–Kier alpha value is -2.03. The van der Waals surface area contributed by atoms with E-state index in [0.29, 0.717) is 12.8 Å². The minimum atomic E-state index is -3.46. The Morgan fingerprint density at radius 3 is 2.79 bits per heavy atom. The van der Waals surface area contributed by atoms with Gasteiger partial charge in [-0.15, -0.1) is 0 Å². The van der Waals surface area contributed by atoms with Gasteiger partial charge in [-0.2, -0.15) is 9.57 Å². The summed E-state index contributed by atoms with van der Waals surface area (Å²) in [7, 11) is -3.46. The highest BCUT2D eigenvalue weighted by atomic mass is 32.2. The topological polar surface area (TPSA) is 128 Å². The van der Waals surface area contributed by atoms with Gasteiger partial charge in [0.25, 0.3) is 0 Å². The van der Waals surface area contributed by atoms with Crippen molar-refractivity contribution in [2.45, 2.75) is 56.5 Å². The first-order valence-corrected chi connectivity index (χ1v) is 11.0. The second-order valence-electron chi connectivity index (χ2n) is 7.55. The van der Waals surface area contributed by atoms with Gasteiger partial charge in [0.15, 0.2) is 11.4 Å². The molecular weight excluding hydrogens is 389 g/mol. The molecule has 3 rings (SSSR count). The number of nitriles is 1. The van der Waals surface area contributed by atoms with E-state index in [9.17, 15) is 23.2 Å². The normalized spacial score (nSPS) is 31.3. The standard InChI is InChI=1S/C17H24FN5O4S/c1-17(24)6-3-4-14(17)27-16-11(8-19)15(20-10-21-16)22-13-5-7-23(9-12(13)18)28(2,25)26/h10,12-14,24H,3-7,9H2,1-2H3,(H,20,21,22). The van der Waals surface area contributed by atoms with Crippen molar-refractivity contribution in [3.63, 3.8) is 0 Å². The third-order valence-electron chi connectivity index (χ3n) is 5.32. The van der Waals surface area contributed by atoms with Gasteiger partial charge in [0.05, 0.1) is 17.9 Å². The maximum absolute atomic E-state index is 14.5. The molecule has 1 saturated carbocycles. The minimum Gasteiger partial charge on any atom is -0.470 e. The number of halogens is 1. The van der Waals surface area contributed by atoms with Crippen LogP contribution in [-0.4, -0.2) is 71.1 Å². The van der Waals surface area contributed by atoms with Gasteiger partial charge >= 0.3 is 0 Å². The molecule has 154 valence electrons. The van der Waals surface area contributed by atoms with Crippen molar-refractivity contribution in [2.24, 2.45) is 0 Å². The third-order valence-corrected chi connectivity index (χ3v) is 6.59. The summed E-state index contributed by atoms with van der Waals surface area (Å²) in [5.41, 5.74) is -0.976. The molecule has 2 fully saturated rings. The zero-order valence-electron chi connectivity index (χ0n) is 15.8. The lowest BCUT2D eigenvalue weighted by Crippen LogP contribution is -2.49. The second kappa shape index (κ2) is 7.77. The molecule has 0 bridgehead atoms. The number of sulfonamides is 1. The van der Waals surface area contributed by atoms with E-state index in [1.54, 1.807) is 6.92 Å². The number of alkyl halides is 1. The number of hydrogen-bond donors (Lipinski definition) is 2. The van der Waals surface area contributed by atoms with Gasteiger partial charge in [-0.25, -0.2) is 22.8 Å². The zero-order chi connectivity index (χ0) is 20.5. The fourth-order valence-corrected chi connectivity index (χ4v) is 4.47. The third kappa shape index (κ3) is 4.34. The van der Waals surface area contributed by atoms with Crippen LogP contribution in [0.5, 0.6) is 5.88 Å². The minimum absolute atomic E-state index is 0.0305. The number of ether oxygens (including phenoxy) is 1. The molecule has 0 amide bonds. The number of aliphatic hydroxyl groups is 1. The first-order chi connectivity index (χ1) is 13.1. The van der Waals surface area contributed by atoms with Crippen LogP contribution in [0.3, 0.4) is 0 Å². The molecule has 2 heterocycles. The fraction of sp³-hybridized carbons (Fsp3) is 0.706. The molecular formula is C17H24FN5O4S. The van der Waals surface area contributed by atoms with Crippen LogP contribution < -0.4 is 10.1 Å². The highest BCUT2D eigenvalue weighted by Gasteiger charge is 2.40. The van der Waals surface area contributed by atoms with Crippen LogP contribution >= 0.6 is 0 Å². The molecule has 28 heavy (non-hydrogen) atoms. The van der Waals surface area contributed by atoms with Crippen LogP contribution in [0.1, 0.15) is 38.2 Å². The van der Waals surface area contributed by atoms with Crippen LogP contribution in [0.2, 0.25) is 0 Å². The Balaban J connectivity index is 1.76. The van der Waals surface area contributed by atoms with Crippen LogP contribution in [0, 0.1) is 11.3 Å². The molecule has 2 N–H and O–H groups in total. The number of rotatable bonds is 5. The summed E-state index contributed by atoms with van der Waals surface area (Å²) in [4.78, 5) is 8.04. The Morgan fingerprint density at radius 2 is 2.21 bits per heavy atom. The summed E-state index contributed by atoms with van der Waals surface area (Å²) < 4.78 is 44.6. The van der Waals surface area contributed by atoms with Crippen LogP contribution in [0.25, 0.3) is 0 Å². The summed E-state index contributed by atoms with van der Waals surface area (Å²) in [6.45, 7) is 1.61. The second-order valence-corrected chi connectivity index (χ2v) is 9.53. The van der Waals surface area contributed by atoms with Crippen molar-refractivity contribution in [3.8, 4) is 11.9 Å². The molecule has 0 radical (unpaired) electrons. The van der Waals surface area contributed by atoms with Crippen molar-refractivity contribution >= 4 is 15.8 Å². The number of anilines is 1. The molecule has 2 aliphatic rings. The van der Waals surface area contributed by atoms with Gasteiger partial charge < -0.3 is 15.2 Å². The van der Waals surface area contributed by atoms with E-state index in [1.165, 1.54) is 6.33 Å². The van der Waals surface area contributed by atoms with Gasteiger partial charge in [0, 0.05) is 13.1 Å². The Bertz CT molecular complexity index is 873. The summed E-state index contributed by atoms with van der Waals surface area (Å²) >= 11 is 0. The number of aromatic nitrogens is 2. The number of piperidine rings is 1. The van der Waals surface area contributed by atoms with Crippen molar-refractivity contribution < 1.29 is 22.7 Å². The van der Waals surface area contributed by atoms with Gasteiger partial charge in [-0.1, -0.05) is 0 Å². The maximum atomic E-state index is 14.5. The molecule has 4 atom stereocenters. The van der Waals surface area contributed by atoms with E-state index in [1.807, 2.05) is 6.07 Å². The Kier molecular flexibility index (Phi) is 5.74. The maximum Gasteiger partial charge on any atom is 0.237 e. The predicted octanol–water partition coefficient (Wildman–Crippen LogP) is 0.814. The van der Waals surface area contributed by atoms with Gasteiger partial charge in [0.2, 0.25) is 15.9 Å². The van der Waals surface area contributed by atoms with Crippen molar-refractivity contribution in [3.05, 3.63) is 11.9 Å². The molecule has 1 aromatic rings. The van der Waals surface area contributed by atoms with E-state index in [2.05, 4.69) is 15.3 Å². The van der Waals surface area contributed by atoms with E-state index in [0.717, 1.165) is 17.0 Å². The van der Waals surface area contributed by atoms with Crippen molar-refractivity contribution in [1.82, 2.24) is 14.3 Å². The number of nitrogens with one attached hydrogen (secondary N) is 1. The van der Waals surface area contributed by atoms with E-state index < -0.39 is 33.9 Å². The predicted molar refractivity (Wildman–Crippen MR) is 99.0 cm³/mol. The molecule has 1 aromatic heterocycles. The largest absolute Gasteiger partial charge is 0.470 e. The van der Waals surface area contributed by atoms with E-state index >= 15 is 0 Å². The van der Waals surface area contributed by atoms with Crippen LogP contribution in [-0.2, 0) is 10.0 Å². The number of hydrogen-bond acceptors (Lipinski definition) is 8. The van der Waals surface area contributed by atoms with Gasteiger partial charge in [0.1, 0.15) is 24.7 Å². The highest BCUT2D eigenvalue weighted by Crippen LogP contribution is 2.34. The lowest BCUT2D eigenvalue weighted by molar-refractivity contribution is -0.0271. The molecule has 1 aliphatic carbocycles. The highest BCUT2D eigenvalue weighted by molar-refractivity contribution is 7.88. The average molecular weight is 413 g/mol. The first kappa shape index (κ1) is 20.7. The first-order valence-electron chi connectivity index (χ1n) is 9.11. The summed E-state index contributed by atoms with van der Waals surface area (Å²) in [6, 6.07) is 1.29. The van der Waals surface area contributed by atoms with Crippen LogP contribution in [0.4, 0.5) is 10.2 Å². The summed E-state index contributed by atoms with van der Waals surface area (Å²) in [6.07, 6.45) is 2.58. The average Bonchev–Trinajstić information content (AvgIpc) is 2.94. The fourth-order valence-electron chi connectivity index (χ4n) is 3.62. The Labute approximate surface area is 163 Å². The quantitative estimate of drug-likeness (QED) is 0.726. The van der Waals surface area contributed by atoms with Crippen molar-refractivity contribution in [1.29, 1.82) is 5.26 Å². The lowest BCUT2D eigenvalue weighted by atomic mass is 10.0. The van der Waals surface area contributed by atoms with E-state index in [-0.39, 0.29) is 36.8 Å². The SMILES string of the molecule is CC1(O)CCCC1Oc1ncnc(NC2CCN(S(C)(=O)=O)CC2F)c1C#N. The molecule has 9 nitrogen and oxygen atoms in total. The molecule has 0 spiro atoms. The molecule has 1 saturated heterocycles. The van der Waals surface area contributed by atoms with Crippen molar-refractivity contribution in [2.75, 3.05) is 24.7 Å². The summed E-state index contributed by atoms with van der Waals surface area (Å²) in [5.74, 6) is 0.168. The molecule has 4 unspecified atom stereocenters. The van der Waals surface area contributed by atoms with Crippen LogP contribution in [0.15, 0.2) is 6.33 Å². The molecule has 1 aliphatic heterocycles. The van der Waals surface area contributed by atoms with Gasteiger partial charge in [-0.05, 0) is 32.6 Å². The number of nitrogens with zero attached hydrogens (tertiary/aromatic N) is 4. The lowest BCUT2D eigenvalue weighted by Gasteiger charge is -2.34.